The molecule has 0 aliphatic rings. The Morgan fingerprint density at radius 1 is 0.362 bits per heavy atom. The van der Waals surface area contributed by atoms with Crippen LogP contribution in [0.15, 0.2) is 158 Å². The van der Waals surface area contributed by atoms with E-state index in [0.717, 1.165) is 49.1 Å². The minimum absolute atomic E-state index is 0.630. The van der Waals surface area contributed by atoms with Crippen LogP contribution in [0.1, 0.15) is 0 Å². The number of thiophene rings is 1. The normalized spacial score (nSPS) is 11.4. The lowest BCUT2D eigenvalue weighted by Crippen LogP contribution is -2.00. The molecule has 0 bridgehead atoms. The number of rotatable bonds is 5. The van der Waals surface area contributed by atoms with Crippen LogP contribution in [0, 0.1) is 0 Å². The van der Waals surface area contributed by atoms with E-state index in [4.69, 9.17) is 19.9 Å². The minimum atomic E-state index is 0.630. The van der Waals surface area contributed by atoms with Gasteiger partial charge in [0.25, 0.3) is 0 Å². The molecule has 0 radical (unpaired) electrons. The number of hydrogen-bond acceptors (Lipinski definition) is 5. The van der Waals surface area contributed by atoms with Gasteiger partial charge in [0.1, 0.15) is 4.83 Å². The zero-order valence-corrected chi connectivity index (χ0v) is 26.0. The fourth-order valence-electron chi connectivity index (χ4n) is 6.31. The topological polar surface area (TPSA) is 51.6 Å². The van der Waals surface area contributed by atoms with Crippen molar-refractivity contribution in [2.24, 2.45) is 0 Å². The standard InChI is InChI=1S/C42H26N4S/c1-3-13-27(14-4-1)29-17-11-19-31(25-29)40-44-39(28-15-5-2-6-16-28)45-41(46-40)32-20-12-18-30(26-32)37-33-21-7-9-23-35(33)43-42-38(37)34-22-8-10-24-36(34)47-42/h1-26H. The molecule has 3 aromatic heterocycles. The lowest BCUT2D eigenvalue weighted by molar-refractivity contribution is 1.07. The van der Waals surface area contributed by atoms with E-state index in [-0.39, 0.29) is 0 Å². The van der Waals surface area contributed by atoms with Crippen molar-refractivity contribution in [2.45, 2.75) is 0 Å². The van der Waals surface area contributed by atoms with Gasteiger partial charge in [0.05, 0.1) is 5.52 Å². The molecule has 6 aromatic carbocycles. The van der Waals surface area contributed by atoms with Crippen molar-refractivity contribution in [3.8, 4) is 56.4 Å². The van der Waals surface area contributed by atoms with Gasteiger partial charge < -0.3 is 0 Å². The smallest absolute Gasteiger partial charge is 0.164 e. The van der Waals surface area contributed by atoms with E-state index in [1.165, 1.54) is 21.0 Å². The summed E-state index contributed by atoms with van der Waals surface area (Å²) in [6, 6.07) is 54.5. The summed E-state index contributed by atoms with van der Waals surface area (Å²) in [5, 5.41) is 3.53. The fraction of sp³-hybridized carbons (Fsp3) is 0. The first-order chi connectivity index (χ1) is 23.3. The third kappa shape index (κ3) is 4.94. The summed E-state index contributed by atoms with van der Waals surface area (Å²) in [5.41, 5.74) is 8.34. The average molecular weight is 619 g/mol. The van der Waals surface area contributed by atoms with Gasteiger partial charge in [-0.2, -0.15) is 0 Å². The molecule has 0 fully saturated rings. The van der Waals surface area contributed by atoms with Gasteiger partial charge in [-0.15, -0.1) is 11.3 Å². The number of fused-ring (bicyclic) bond motifs is 4. The summed E-state index contributed by atoms with van der Waals surface area (Å²) in [6.07, 6.45) is 0. The highest BCUT2D eigenvalue weighted by atomic mass is 32.1. The number of aromatic nitrogens is 4. The second kappa shape index (κ2) is 11.4. The second-order valence-electron chi connectivity index (χ2n) is 11.5. The zero-order valence-electron chi connectivity index (χ0n) is 25.2. The van der Waals surface area contributed by atoms with E-state index < -0.39 is 0 Å². The molecule has 4 nitrogen and oxygen atoms in total. The summed E-state index contributed by atoms with van der Waals surface area (Å²) < 4.78 is 1.23. The van der Waals surface area contributed by atoms with E-state index in [9.17, 15) is 0 Å². The molecule has 5 heteroatoms. The monoisotopic (exact) mass is 618 g/mol. The Morgan fingerprint density at radius 2 is 0.872 bits per heavy atom. The number of para-hydroxylation sites is 1. The van der Waals surface area contributed by atoms with Gasteiger partial charge in [0, 0.05) is 43.1 Å². The quantitative estimate of drug-likeness (QED) is 0.193. The molecule has 0 saturated heterocycles. The Hall–Kier alpha value is -6.04. The van der Waals surface area contributed by atoms with Crippen LogP contribution in [-0.4, -0.2) is 19.9 Å². The Morgan fingerprint density at radius 3 is 1.60 bits per heavy atom. The molecular formula is C42H26N4S. The molecule has 47 heavy (non-hydrogen) atoms. The molecule has 0 aliphatic carbocycles. The third-order valence-electron chi connectivity index (χ3n) is 8.53. The zero-order chi connectivity index (χ0) is 31.2. The van der Waals surface area contributed by atoms with Gasteiger partial charge in [-0.3, -0.25) is 0 Å². The lowest BCUT2D eigenvalue weighted by atomic mass is 9.95. The van der Waals surface area contributed by atoms with E-state index in [2.05, 4.69) is 121 Å². The van der Waals surface area contributed by atoms with E-state index in [0.29, 0.717) is 17.5 Å². The molecule has 0 atom stereocenters. The summed E-state index contributed by atoms with van der Waals surface area (Å²) in [4.78, 5) is 21.3. The van der Waals surface area contributed by atoms with Crippen LogP contribution in [0.2, 0.25) is 0 Å². The first kappa shape index (κ1) is 27.3. The van der Waals surface area contributed by atoms with Gasteiger partial charge in [-0.1, -0.05) is 133 Å². The molecular weight excluding hydrogens is 593 g/mol. The van der Waals surface area contributed by atoms with Crippen molar-refractivity contribution in [2.75, 3.05) is 0 Å². The highest BCUT2D eigenvalue weighted by molar-refractivity contribution is 7.25. The Labute approximate surface area is 275 Å². The first-order valence-corrected chi connectivity index (χ1v) is 16.4. The van der Waals surface area contributed by atoms with Crippen LogP contribution in [0.5, 0.6) is 0 Å². The SMILES string of the molecule is c1ccc(-c2cccc(-c3nc(-c4ccccc4)nc(-c4cccc(-c5c6ccccc6nc6sc7ccccc7c56)c4)n3)c2)cc1. The summed E-state index contributed by atoms with van der Waals surface area (Å²) in [5.74, 6) is 1.91. The van der Waals surface area contributed by atoms with E-state index in [1.807, 2.05) is 36.4 Å². The van der Waals surface area contributed by atoms with Gasteiger partial charge in [-0.25, -0.2) is 19.9 Å². The van der Waals surface area contributed by atoms with Crippen LogP contribution in [0.25, 0.3) is 87.6 Å². The number of nitrogens with zero attached hydrogens (tertiary/aromatic N) is 4. The van der Waals surface area contributed by atoms with Crippen molar-refractivity contribution >= 4 is 42.5 Å². The summed E-state index contributed by atoms with van der Waals surface area (Å²) in [6.45, 7) is 0. The summed E-state index contributed by atoms with van der Waals surface area (Å²) >= 11 is 1.74. The maximum Gasteiger partial charge on any atom is 0.164 e. The van der Waals surface area contributed by atoms with Crippen molar-refractivity contribution < 1.29 is 0 Å². The minimum Gasteiger partial charge on any atom is -0.237 e. The number of pyridine rings is 1. The van der Waals surface area contributed by atoms with Gasteiger partial charge in [0.2, 0.25) is 0 Å². The molecule has 0 aliphatic heterocycles. The van der Waals surface area contributed by atoms with Gasteiger partial charge in [-0.05, 0) is 41.0 Å². The first-order valence-electron chi connectivity index (χ1n) is 15.6. The highest BCUT2D eigenvalue weighted by Crippen LogP contribution is 2.43. The number of hydrogen-bond donors (Lipinski definition) is 0. The fourth-order valence-corrected chi connectivity index (χ4v) is 7.41. The molecule has 3 heterocycles. The van der Waals surface area contributed by atoms with Crippen molar-refractivity contribution in [3.05, 3.63) is 158 Å². The third-order valence-corrected chi connectivity index (χ3v) is 9.59. The van der Waals surface area contributed by atoms with Gasteiger partial charge >= 0.3 is 0 Å². The van der Waals surface area contributed by atoms with Crippen LogP contribution in [-0.2, 0) is 0 Å². The lowest BCUT2D eigenvalue weighted by Gasteiger charge is -2.12. The van der Waals surface area contributed by atoms with Crippen LogP contribution in [0.4, 0.5) is 0 Å². The molecule has 9 aromatic rings. The molecule has 0 saturated carbocycles. The maximum absolute atomic E-state index is 5.10. The highest BCUT2D eigenvalue weighted by Gasteiger charge is 2.18. The predicted molar refractivity (Wildman–Crippen MR) is 195 cm³/mol. The van der Waals surface area contributed by atoms with Crippen LogP contribution in [0.3, 0.4) is 0 Å². The Kier molecular flexibility index (Phi) is 6.61. The van der Waals surface area contributed by atoms with Crippen molar-refractivity contribution in [1.29, 1.82) is 0 Å². The second-order valence-corrected chi connectivity index (χ2v) is 12.5. The predicted octanol–water partition coefficient (Wildman–Crippen LogP) is 11.1. The van der Waals surface area contributed by atoms with E-state index in [1.54, 1.807) is 11.3 Å². The largest absolute Gasteiger partial charge is 0.237 e. The molecule has 0 N–H and O–H groups in total. The van der Waals surface area contributed by atoms with Crippen molar-refractivity contribution in [1.82, 2.24) is 19.9 Å². The molecule has 0 unspecified atom stereocenters. The summed E-state index contributed by atoms with van der Waals surface area (Å²) in [7, 11) is 0. The molecule has 220 valence electrons. The van der Waals surface area contributed by atoms with Crippen molar-refractivity contribution in [3.63, 3.8) is 0 Å². The maximum atomic E-state index is 5.10. The molecule has 9 rings (SSSR count). The molecule has 0 spiro atoms. The van der Waals surface area contributed by atoms with Crippen LogP contribution >= 0.6 is 11.3 Å². The van der Waals surface area contributed by atoms with E-state index >= 15 is 0 Å². The van der Waals surface area contributed by atoms with Crippen LogP contribution < -0.4 is 0 Å². The van der Waals surface area contributed by atoms with Gasteiger partial charge in [0.15, 0.2) is 17.5 Å². The number of benzene rings is 6. The Bertz CT molecular complexity index is 2580. The Balaban J connectivity index is 1.25. The molecule has 0 amide bonds. The average Bonchev–Trinajstić information content (AvgIpc) is 3.52.